The Labute approximate surface area is 132 Å². The molecule has 1 N–H and O–H groups in total. The van der Waals surface area contributed by atoms with Crippen molar-refractivity contribution < 1.29 is 9.53 Å². The quantitative estimate of drug-likeness (QED) is 0.697. The first-order chi connectivity index (χ1) is 10.6. The minimum Gasteiger partial charge on any atom is -0.402 e. The number of nitrogens with one attached hydrogen (secondary N) is 1. The molecule has 0 spiro atoms. The molecule has 0 radical (unpaired) electrons. The van der Waals surface area contributed by atoms with Crippen LogP contribution in [0, 0.1) is 6.92 Å². The molecular formula is C16H12ClN3O2. The summed E-state index contributed by atoms with van der Waals surface area (Å²) in [4.78, 5) is 20.3. The molecular weight excluding hydrogens is 302 g/mol. The van der Waals surface area contributed by atoms with Crippen LogP contribution in [0.3, 0.4) is 0 Å². The largest absolute Gasteiger partial charge is 0.402 e. The number of pyridine rings is 1. The van der Waals surface area contributed by atoms with Gasteiger partial charge in [0.25, 0.3) is 0 Å². The number of hydrogen-bond donors (Lipinski definition) is 1. The van der Waals surface area contributed by atoms with Gasteiger partial charge in [0, 0.05) is 22.5 Å². The zero-order chi connectivity index (χ0) is 15.5. The number of ether oxygens (including phenoxy) is 1. The molecule has 1 aliphatic rings. The molecule has 1 aromatic heterocycles. The van der Waals surface area contributed by atoms with Crippen molar-refractivity contribution in [3.05, 3.63) is 70.6 Å². The van der Waals surface area contributed by atoms with E-state index >= 15 is 0 Å². The Hall–Kier alpha value is -2.66. The van der Waals surface area contributed by atoms with E-state index in [9.17, 15) is 4.79 Å². The number of hydrogen-bond acceptors (Lipinski definition) is 5. The minimum absolute atomic E-state index is 0.188. The number of benzene rings is 1. The van der Waals surface area contributed by atoms with Crippen LogP contribution in [0.1, 0.15) is 11.3 Å². The van der Waals surface area contributed by atoms with Crippen molar-refractivity contribution in [1.29, 1.82) is 0 Å². The fourth-order valence-electron chi connectivity index (χ4n) is 1.89. The summed E-state index contributed by atoms with van der Waals surface area (Å²) >= 11 is 5.83. The van der Waals surface area contributed by atoms with Crippen molar-refractivity contribution in [2.24, 2.45) is 4.99 Å². The summed E-state index contributed by atoms with van der Waals surface area (Å²) in [6, 6.07) is 12.5. The maximum Gasteiger partial charge on any atom is 0.365 e. The molecule has 6 heteroatoms. The second-order valence-corrected chi connectivity index (χ2v) is 5.09. The summed E-state index contributed by atoms with van der Waals surface area (Å²) in [5.41, 5.74) is 1.76. The van der Waals surface area contributed by atoms with Gasteiger partial charge in [0.15, 0.2) is 5.70 Å². The van der Waals surface area contributed by atoms with Gasteiger partial charge in [-0.3, -0.25) is 0 Å². The highest BCUT2D eigenvalue weighted by Gasteiger charge is 2.24. The van der Waals surface area contributed by atoms with Crippen molar-refractivity contribution in [2.75, 3.05) is 5.32 Å². The second kappa shape index (κ2) is 5.99. The van der Waals surface area contributed by atoms with Crippen molar-refractivity contribution in [1.82, 2.24) is 4.98 Å². The molecule has 0 amide bonds. The van der Waals surface area contributed by atoms with Gasteiger partial charge in [0.1, 0.15) is 5.82 Å². The summed E-state index contributed by atoms with van der Waals surface area (Å²) in [6.45, 7) is 1.89. The number of carbonyl (C=O) groups excluding carboxylic acids is 1. The number of nitrogens with zero attached hydrogens (tertiary/aromatic N) is 2. The first-order valence-corrected chi connectivity index (χ1v) is 6.97. The van der Waals surface area contributed by atoms with Gasteiger partial charge in [0.05, 0.1) is 0 Å². The third-order valence-electron chi connectivity index (χ3n) is 2.96. The highest BCUT2D eigenvalue weighted by Crippen LogP contribution is 2.18. The topological polar surface area (TPSA) is 63.6 Å². The van der Waals surface area contributed by atoms with Crippen LogP contribution >= 0.6 is 11.6 Å². The monoisotopic (exact) mass is 313 g/mol. The SMILES string of the molecule is Cc1cccc(NC=C2N=C(c3ccc(Cl)cc3)OC2=O)n1. The maximum atomic E-state index is 11.8. The third kappa shape index (κ3) is 3.15. The van der Waals surface area contributed by atoms with Gasteiger partial charge >= 0.3 is 5.97 Å². The molecule has 2 heterocycles. The van der Waals surface area contributed by atoms with E-state index in [1.807, 2.05) is 19.1 Å². The van der Waals surface area contributed by atoms with Gasteiger partial charge in [-0.25, -0.2) is 14.8 Å². The van der Waals surface area contributed by atoms with Gasteiger partial charge in [0.2, 0.25) is 5.90 Å². The molecule has 110 valence electrons. The van der Waals surface area contributed by atoms with Crippen LogP contribution in [0.2, 0.25) is 5.02 Å². The molecule has 5 nitrogen and oxygen atoms in total. The summed E-state index contributed by atoms with van der Waals surface area (Å²) in [7, 11) is 0. The summed E-state index contributed by atoms with van der Waals surface area (Å²) in [5.74, 6) is 0.382. The Morgan fingerprint density at radius 1 is 1.18 bits per heavy atom. The van der Waals surface area contributed by atoms with Crippen molar-refractivity contribution in [2.45, 2.75) is 6.92 Å². The number of anilines is 1. The zero-order valence-corrected chi connectivity index (χ0v) is 12.5. The van der Waals surface area contributed by atoms with E-state index in [1.165, 1.54) is 6.20 Å². The first-order valence-electron chi connectivity index (χ1n) is 6.59. The van der Waals surface area contributed by atoms with E-state index in [1.54, 1.807) is 30.3 Å². The van der Waals surface area contributed by atoms with E-state index in [4.69, 9.17) is 16.3 Å². The minimum atomic E-state index is -0.509. The number of esters is 1. The number of halogens is 1. The van der Waals surface area contributed by atoms with Gasteiger partial charge in [-0.2, -0.15) is 0 Å². The lowest BCUT2D eigenvalue weighted by Gasteiger charge is -2.00. The maximum absolute atomic E-state index is 11.8. The van der Waals surface area contributed by atoms with E-state index < -0.39 is 5.97 Å². The second-order valence-electron chi connectivity index (χ2n) is 4.65. The van der Waals surface area contributed by atoms with Crippen LogP contribution in [0.15, 0.2) is 59.4 Å². The predicted molar refractivity (Wildman–Crippen MR) is 84.8 cm³/mol. The molecule has 0 saturated heterocycles. The Kier molecular flexibility index (Phi) is 3.89. The predicted octanol–water partition coefficient (Wildman–Crippen LogP) is 3.30. The van der Waals surface area contributed by atoms with Gasteiger partial charge in [-0.05, 0) is 43.3 Å². The van der Waals surface area contributed by atoms with Crippen LogP contribution in [-0.4, -0.2) is 16.9 Å². The Morgan fingerprint density at radius 3 is 2.68 bits per heavy atom. The van der Waals surface area contributed by atoms with E-state index in [0.29, 0.717) is 16.4 Å². The lowest BCUT2D eigenvalue weighted by Crippen LogP contribution is -2.05. The van der Waals surface area contributed by atoms with E-state index in [2.05, 4.69) is 15.3 Å². The van der Waals surface area contributed by atoms with Crippen LogP contribution in [0.25, 0.3) is 0 Å². The van der Waals surface area contributed by atoms with Gasteiger partial charge in [-0.1, -0.05) is 17.7 Å². The summed E-state index contributed by atoms with van der Waals surface area (Å²) < 4.78 is 5.15. The smallest absolute Gasteiger partial charge is 0.365 e. The lowest BCUT2D eigenvalue weighted by molar-refractivity contribution is -0.130. The summed E-state index contributed by atoms with van der Waals surface area (Å²) in [6.07, 6.45) is 1.48. The average molecular weight is 314 g/mol. The van der Waals surface area contributed by atoms with Crippen molar-refractivity contribution in [3.63, 3.8) is 0 Å². The molecule has 0 unspecified atom stereocenters. The van der Waals surface area contributed by atoms with Crippen LogP contribution in [0.5, 0.6) is 0 Å². The molecule has 0 atom stereocenters. The Morgan fingerprint density at radius 2 is 1.95 bits per heavy atom. The average Bonchev–Trinajstić information content (AvgIpc) is 2.87. The fourth-order valence-corrected chi connectivity index (χ4v) is 2.02. The molecule has 0 fully saturated rings. The van der Waals surface area contributed by atoms with Crippen LogP contribution in [-0.2, 0) is 9.53 Å². The third-order valence-corrected chi connectivity index (χ3v) is 3.21. The molecule has 22 heavy (non-hydrogen) atoms. The van der Waals surface area contributed by atoms with Crippen LogP contribution < -0.4 is 5.32 Å². The number of aryl methyl sites for hydroxylation is 1. The molecule has 2 aromatic rings. The molecule has 0 bridgehead atoms. The molecule has 3 rings (SSSR count). The first kappa shape index (κ1) is 14.3. The molecule has 0 aliphatic carbocycles. The van der Waals surface area contributed by atoms with E-state index in [0.717, 1.165) is 5.69 Å². The zero-order valence-electron chi connectivity index (χ0n) is 11.7. The number of cyclic esters (lactones) is 1. The number of rotatable bonds is 3. The molecule has 1 aliphatic heterocycles. The number of aromatic nitrogens is 1. The standard InChI is InChI=1S/C16H12ClN3O2/c1-10-3-2-4-14(19-10)18-9-13-16(21)22-15(20-13)11-5-7-12(17)8-6-11/h2-9H,1H3,(H,18,19). The summed E-state index contributed by atoms with van der Waals surface area (Å²) in [5, 5.41) is 3.54. The molecule has 1 aromatic carbocycles. The lowest BCUT2D eigenvalue weighted by atomic mass is 10.2. The Balaban J connectivity index is 1.80. The normalized spacial score (nSPS) is 15.6. The Bertz CT molecular complexity index is 782. The van der Waals surface area contributed by atoms with Crippen molar-refractivity contribution >= 4 is 29.3 Å². The van der Waals surface area contributed by atoms with Crippen LogP contribution in [0.4, 0.5) is 5.82 Å². The van der Waals surface area contributed by atoms with E-state index in [-0.39, 0.29) is 11.6 Å². The number of carbonyl (C=O) groups is 1. The fraction of sp³-hybridized carbons (Fsp3) is 0.0625. The van der Waals surface area contributed by atoms with Gasteiger partial charge in [-0.15, -0.1) is 0 Å². The van der Waals surface area contributed by atoms with Crippen molar-refractivity contribution in [3.8, 4) is 0 Å². The molecule has 0 saturated carbocycles. The highest BCUT2D eigenvalue weighted by molar-refractivity contribution is 6.30. The van der Waals surface area contributed by atoms with Gasteiger partial charge < -0.3 is 10.1 Å². The number of aliphatic imine (C=N–C) groups is 1. The highest BCUT2D eigenvalue weighted by atomic mass is 35.5.